The number of aromatic nitrogens is 4. The van der Waals surface area contributed by atoms with Gasteiger partial charge in [0, 0.05) is 12.5 Å². The van der Waals surface area contributed by atoms with E-state index in [4.69, 9.17) is 0 Å². The van der Waals surface area contributed by atoms with Crippen LogP contribution in [0, 0.1) is 6.92 Å². The molecule has 4 rings (SSSR count). The molecule has 130 valence electrons. The number of hydrogen-bond acceptors (Lipinski definition) is 5. The predicted molar refractivity (Wildman–Crippen MR) is 98.9 cm³/mol. The minimum atomic E-state index is 0.279. The van der Waals surface area contributed by atoms with Gasteiger partial charge in [-0.1, -0.05) is 29.8 Å². The van der Waals surface area contributed by atoms with Crippen molar-refractivity contribution in [3.63, 3.8) is 0 Å². The van der Waals surface area contributed by atoms with E-state index in [-0.39, 0.29) is 6.04 Å². The van der Waals surface area contributed by atoms with Crippen molar-refractivity contribution in [1.82, 2.24) is 24.7 Å². The van der Waals surface area contributed by atoms with Gasteiger partial charge in [-0.2, -0.15) is 9.61 Å². The van der Waals surface area contributed by atoms with E-state index >= 15 is 0 Å². The maximum absolute atomic E-state index is 4.63. The van der Waals surface area contributed by atoms with Gasteiger partial charge in [-0.3, -0.25) is 0 Å². The molecule has 0 aliphatic heterocycles. The first kappa shape index (κ1) is 16.0. The van der Waals surface area contributed by atoms with Crippen LogP contribution >= 0.6 is 0 Å². The Morgan fingerprint density at radius 3 is 2.68 bits per heavy atom. The second kappa shape index (κ2) is 6.44. The second-order valence-corrected chi connectivity index (χ2v) is 7.13. The lowest BCUT2D eigenvalue weighted by atomic mass is 10.0. The molecular weight excluding hydrogens is 312 g/mol. The van der Waals surface area contributed by atoms with Gasteiger partial charge in [-0.05, 0) is 45.5 Å². The van der Waals surface area contributed by atoms with Gasteiger partial charge >= 0.3 is 0 Å². The maximum Gasteiger partial charge on any atom is 0.200 e. The highest BCUT2D eigenvalue weighted by Crippen LogP contribution is 2.40. The second-order valence-electron chi connectivity index (χ2n) is 7.13. The minimum Gasteiger partial charge on any atom is -0.380 e. The minimum absolute atomic E-state index is 0.279. The zero-order valence-electron chi connectivity index (χ0n) is 15.0. The molecule has 1 aliphatic rings. The Morgan fingerprint density at radius 2 is 2.00 bits per heavy atom. The van der Waals surface area contributed by atoms with Crippen LogP contribution in [0.3, 0.4) is 0 Å². The van der Waals surface area contributed by atoms with Crippen LogP contribution in [0.1, 0.15) is 41.6 Å². The molecule has 0 spiro atoms. The molecule has 25 heavy (non-hydrogen) atoms. The zero-order chi connectivity index (χ0) is 17.4. The first-order chi connectivity index (χ1) is 12.1. The largest absolute Gasteiger partial charge is 0.380 e. The molecule has 0 bridgehead atoms. The Morgan fingerprint density at radius 1 is 1.24 bits per heavy atom. The summed E-state index contributed by atoms with van der Waals surface area (Å²) in [4.78, 5) is 2.24. The van der Waals surface area contributed by atoms with Crippen LogP contribution in [0.25, 0.3) is 5.65 Å². The summed E-state index contributed by atoms with van der Waals surface area (Å²) >= 11 is 0. The number of nitrogens with zero attached hydrogens (tertiary/aromatic N) is 5. The smallest absolute Gasteiger partial charge is 0.200 e. The number of aryl methyl sites for hydroxylation is 1. The number of likely N-dealkylation sites (N-methyl/N-ethyl adjacent to an activating group) is 1. The lowest BCUT2D eigenvalue weighted by molar-refractivity contribution is 0.312. The highest BCUT2D eigenvalue weighted by Gasteiger charge is 2.27. The summed E-state index contributed by atoms with van der Waals surface area (Å²) < 4.78 is 1.78. The number of fused-ring (bicyclic) bond motifs is 1. The number of anilines is 1. The molecule has 2 aromatic heterocycles. The van der Waals surface area contributed by atoms with Crippen molar-refractivity contribution in [3.8, 4) is 0 Å². The molecule has 6 heteroatoms. The number of benzene rings is 1. The van der Waals surface area contributed by atoms with Crippen molar-refractivity contribution in [2.24, 2.45) is 0 Å². The first-order valence-corrected chi connectivity index (χ1v) is 8.79. The van der Waals surface area contributed by atoms with Gasteiger partial charge in [0.05, 0.1) is 17.4 Å². The average Bonchev–Trinajstić information content (AvgIpc) is 3.34. The molecule has 0 radical (unpaired) electrons. The molecule has 0 saturated heterocycles. The topological polar surface area (TPSA) is 58.4 Å². The monoisotopic (exact) mass is 336 g/mol. The van der Waals surface area contributed by atoms with E-state index in [1.165, 1.54) is 24.0 Å². The van der Waals surface area contributed by atoms with Gasteiger partial charge in [-0.25, -0.2) is 0 Å². The van der Waals surface area contributed by atoms with E-state index < -0.39 is 0 Å². The van der Waals surface area contributed by atoms with Crippen LogP contribution < -0.4 is 5.32 Å². The Kier molecular flexibility index (Phi) is 4.13. The molecule has 1 aliphatic carbocycles. The SMILES string of the molecule is Cc1ccc(C(CNc2cc(C3CC3)nn3cnnc23)N(C)C)cc1. The molecule has 0 amide bonds. The molecule has 1 N–H and O–H groups in total. The van der Waals surface area contributed by atoms with E-state index in [9.17, 15) is 0 Å². The summed E-state index contributed by atoms with van der Waals surface area (Å²) in [6.45, 7) is 2.91. The van der Waals surface area contributed by atoms with Crippen molar-refractivity contribution in [2.45, 2.75) is 31.7 Å². The van der Waals surface area contributed by atoms with Gasteiger partial charge in [0.25, 0.3) is 0 Å². The normalized spacial score (nSPS) is 15.7. The fourth-order valence-corrected chi connectivity index (χ4v) is 3.15. The third kappa shape index (κ3) is 3.35. The lowest BCUT2D eigenvalue weighted by Gasteiger charge is -2.26. The standard InChI is InChI=1S/C19H24N6/c1-13-4-6-15(7-5-13)18(24(2)3)11-20-17-10-16(14-8-9-14)23-25-12-21-22-19(17)25/h4-7,10,12,14,18,20H,8-9,11H2,1-3H3. The summed E-state index contributed by atoms with van der Waals surface area (Å²) in [5, 5.41) is 16.4. The van der Waals surface area contributed by atoms with Crippen molar-refractivity contribution >= 4 is 11.3 Å². The van der Waals surface area contributed by atoms with E-state index in [0.29, 0.717) is 5.92 Å². The average molecular weight is 336 g/mol. The fraction of sp³-hybridized carbons (Fsp3) is 0.421. The van der Waals surface area contributed by atoms with Gasteiger partial charge in [0.2, 0.25) is 5.65 Å². The van der Waals surface area contributed by atoms with Crippen LogP contribution in [0.4, 0.5) is 5.69 Å². The summed E-state index contributed by atoms with van der Waals surface area (Å²) in [5.74, 6) is 0.592. The summed E-state index contributed by atoms with van der Waals surface area (Å²) in [6, 6.07) is 11.2. The summed E-state index contributed by atoms with van der Waals surface area (Å²) in [5.41, 5.74) is 5.50. The summed E-state index contributed by atoms with van der Waals surface area (Å²) in [6.07, 6.45) is 4.13. The molecule has 1 saturated carbocycles. The zero-order valence-corrected chi connectivity index (χ0v) is 15.0. The first-order valence-electron chi connectivity index (χ1n) is 8.79. The number of rotatable bonds is 6. The van der Waals surface area contributed by atoms with Crippen molar-refractivity contribution in [2.75, 3.05) is 26.0 Å². The Bertz CT molecular complexity index is 863. The molecule has 2 heterocycles. The maximum atomic E-state index is 4.63. The lowest BCUT2D eigenvalue weighted by Crippen LogP contribution is -2.27. The Hall–Kier alpha value is -2.47. The van der Waals surface area contributed by atoms with Gasteiger partial charge < -0.3 is 10.2 Å². The van der Waals surface area contributed by atoms with Crippen LogP contribution in [0.15, 0.2) is 36.7 Å². The van der Waals surface area contributed by atoms with E-state index in [1.54, 1.807) is 10.8 Å². The highest BCUT2D eigenvalue weighted by atomic mass is 15.3. The van der Waals surface area contributed by atoms with Crippen molar-refractivity contribution in [3.05, 3.63) is 53.5 Å². The van der Waals surface area contributed by atoms with Crippen molar-refractivity contribution in [1.29, 1.82) is 0 Å². The van der Waals surface area contributed by atoms with E-state index in [0.717, 1.165) is 23.6 Å². The fourth-order valence-electron chi connectivity index (χ4n) is 3.15. The molecule has 1 atom stereocenters. The Labute approximate surface area is 147 Å². The van der Waals surface area contributed by atoms with Crippen LogP contribution in [-0.4, -0.2) is 45.4 Å². The molecule has 6 nitrogen and oxygen atoms in total. The quantitative estimate of drug-likeness (QED) is 0.750. The van der Waals surface area contributed by atoms with Crippen LogP contribution in [0.2, 0.25) is 0 Å². The molecular formula is C19H24N6. The highest BCUT2D eigenvalue weighted by molar-refractivity contribution is 5.67. The van der Waals surface area contributed by atoms with Crippen molar-refractivity contribution < 1.29 is 0 Å². The van der Waals surface area contributed by atoms with E-state index in [1.807, 2.05) is 0 Å². The summed E-state index contributed by atoms with van der Waals surface area (Å²) in [7, 11) is 4.22. The third-order valence-electron chi connectivity index (χ3n) is 4.85. The van der Waals surface area contributed by atoms with Gasteiger partial charge in [0.15, 0.2) is 0 Å². The molecule has 3 aromatic rings. The molecule has 1 unspecified atom stereocenters. The molecule has 1 fully saturated rings. The Balaban J connectivity index is 1.59. The van der Waals surface area contributed by atoms with Gasteiger partial charge in [-0.15, -0.1) is 10.2 Å². The van der Waals surface area contributed by atoms with Gasteiger partial charge in [0.1, 0.15) is 6.33 Å². The van der Waals surface area contributed by atoms with E-state index in [2.05, 4.69) is 76.9 Å². The van der Waals surface area contributed by atoms with Crippen LogP contribution in [0.5, 0.6) is 0 Å². The van der Waals surface area contributed by atoms with Crippen LogP contribution in [-0.2, 0) is 0 Å². The number of nitrogens with one attached hydrogen (secondary N) is 1. The molecule has 1 aromatic carbocycles. The predicted octanol–water partition coefficient (Wildman–Crippen LogP) is 3.02. The third-order valence-corrected chi connectivity index (χ3v) is 4.85. The number of hydrogen-bond donors (Lipinski definition) is 1.